The molecule has 0 bridgehead atoms. The van der Waals surface area contributed by atoms with Crippen molar-refractivity contribution in [2.24, 2.45) is 0 Å². The molecule has 0 aliphatic heterocycles. The first-order valence-electron chi connectivity index (χ1n) is 7.40. The Kier molecular flexibility index (Phi) is 4.68. The van der Waals surface area contributed by atoms with Crippen LogP contribution >= 0.6 is 27.5 Å². The molecule has 1 aliphatic carbocycles. The molecular weight excluding hydrogens is 346 g/mol. The first kappa shape index (κ1) is 15.1. The maximum Gasteiger partial charge on any atom is 0.0406 e. The summed E-state index contributed by atoms with van der Waals surface area (Å²) < 4.78 is 1.18. The lowest BCUT2D eigenvalue weighted by Gasteiger charge is -2.29. The van der Waals surface area contributed by atoms with Gasteiger partial charge in [-0.1, -0.05) is 45.7 Å². The second-order valence-electron chi connectivity index (χ2n) is 5.79. The van der Waals surface area contributed by atoms with E-state index in [1.807, 2.05) is 12.1 Å². The van der Waals surface area contributed by atoms with Crippen LogP contribution < -0.4 is 5.32 Å². The number of aryl methyl sites for hydroxylation is 1. The highest BCUT2D eigenvalue weighted by atomic mass is 79.9. The fraction of sp³-hybridized carbons (Fsp3) is 0.333. The summed E-state index contributed by atoms with van der Waals surface area (Å²) in [5, 5.41) is 4.55. The quantitative estimate of drug-likeness (QED) is 0.778. The molecule has 1 N–H and O–H groups in total. The first-order chi connectivity index (χ1) is 10.1. The van der Waals surface area contributed by atoms with Crippen molar-refractivity contribution >= 4 is 27.5 Å². The lowest BCUT2D eigenvalue weighted by Crippen LogP contribution is -2.36. The van der Waals surface area contributed by atoms with E-state index in [0.717, 1.165) is 17.9 Å². The van der Waals surface area contributed by atoms with Crippen molar-refractivity contribution in [1.29, 1.82) is 0 Å². The molecule has 3 rings (SSSR count). The van der Waals surface area contributed by atoms with E-state index < -0.39 is 0 Å². The minimum atomic E-state index is 0.351. The number of halogens is 2. The second-order valence-corrected chi connectivity index (χ2v) is 7.14. The molecule has 2 atom stereocenters. The van der Waals surface area contributed by atoms with Gasteiger partial charge in [-0.3, -0.25) is 0 Å². The molecule has 0 spiro atoms. The largest absolute Gasteiger partial charge is 0.307 e. The van der Waals surface area contributed by atoms with E-state index in [0.29, 0.717) is 12.1 Å². The number of hydrogen-bond donors (Lipinski definition) is 1. The van der Waals surface area contributed by atoms with Crippen LogP contribution in [0.15, 0.2) is 46.9 Å². The summed E-state index contributed by atoms with van der Waals surface area (Å²) in [5.74, 6) is 0. The minimum Gasteiger partial charge on any atom is -0.307 e. The summed E-state index contributed by atoms with van der Waals surface area (Å²) in [6.07, 6.45) is 3.46. The molecule has 0 heterocycles. The van der Waals surface area contributed by atoms with Crippen molar-refractivity contribution in [2.75, 3.05) is 0 Å². The van der Waals surface area contributed by atoms with Crippen molar-refractivity contribution in [2.45, 2.75) is 38.3 Å². The number of rotatable bonds is 3. The smallest absolute Gasteiger partial charge is 0.0406 e. The normalized spacial score (nSPS) is 19.1. The molecule has 0 saturated carbocycles. The predicted molar refractivity (Wildman–Crippen MR) is 93.0 cm³/mol. The van der Waals surface area contributed by atoms with Crippen LogP contribution in [0.25, 0.3) is 0 Å². The van der Waals surface area contributed by atoms with Crippen LogP contribution in [0.2, 0.25) is 5.02 Å². The average Bonchev–Trinajstić information content (AvgIpc) is 2.48. The summed E-state index contributed by atoms with van der Waals surface area (Å²) in [6, 6.07) is 15.7. The lowest BCUT2D eigenvalue weighted by atomic mass is 9.88. The Labute approximate surface area is 139 Å². The van der Waals surface area contributed by atoms with E-state index in [2.05, 4.69) is 58.5 Å². The van der Waals surface area contributed by atoms with Gasteiger partial charge in [0.05, 0.1) is 0 Å². The number of fused-ring (bicyclic) bond motifs is 1. The van der Waals surface area contributed by atoms with Gasteiger partial charge in [0.25, 0.3) is 0 Å². The van der Waals surface area contributed by atoms with E-state index >= 15 is 0 Å². The van der Waals surface area contributed by atoms with Crippen LogP contribution in [0.5, 0.6) is 0 Å². The standard InChI is InChI=1S/C18H19BrClN/c1-12(13-3-7-17(20)8-4-13)21-18-9-5-14-10-16(19)6-2-15(14)11-18/h2-4,6-8,10,12,18,21H,5,9,11H2,1H3/t12-,18?/m0/s1. The Bertz CT molecular complexity index is 624. The molecule has 0 radical (unpaired) electrons. The lowest BCUT2D eigenvalue weighted by molar-refractivity contribution is 0.413. The van der Waals surface area contributed by atoms with Gasteiger partial charge in [0.15, 0.2) is 0 Å². The van der Waals surface area contributed by atoms with Crippen molar-refractivity contribution in [3.05, 3.63) is 68.7 Å². The zero-order valence-electron chi connectivity index (χ0n) is 12.1. The Morgan fingerprint density at radius 1 is 1.14 bits per heavy atom. The monoisotopic (exact) mass is 363 g/mol. The van der Waals surface area contributed by atoms with Gasteiger partial charge in [-0.25, -0.2) is 0 Å². The van der Waals surface area contributed by atoms with Crippen molar-refractivity contribution < 1.29 is 0 Å². The van der Waals surface area contributed by atoms with Gasteiger partial charge < -0.3 is 5.32 Å². The third-order valence-corrected chi connectivity index (χ3v) is 5.00. The molecule has 0 amide bonds. The molecule has 110 valence electrons. The van der Waals surface area contributed by atoms with Crippen molar-refractivity contribution in [3.8, 4) is 0 Å². The van der Waals surface area contributed by atoms with E-state index in [1.54, 1.807) is 0 Å². The summed E-state index contributed by atoms with van der Waals surface area (Å²) in [7, 11) is 0. The van der Waals surface area contributed by atoms with Gasteiger partial charge in [-0.2, -0.15) is 0 Å². The Morgan fingerprint density at radius 2 is 1.90 bits per heavy atom. The molecule has 0 fully saturated rings. The van der Waals surface area contributed by atoms with E-state index in [9.17, 15) is 0 Å². The third kappa shape index (κ3) is 3.68. The van der Waals surface area contributed by atoms with Gasteiger partial charge >= 0.3 is 0 Å². The summed E-state index contributed by atoms with van der Waals surface area (Å²) in [4.78, 5) is 0. The molecule has 2 aromatic rings. The van der Waals surface area contributed by atoms with Crippen LogP contribution in [-0.2, 0) is 12.8 Å². The molecule has 1 aliphatic rings. The van der Waals surface area contributed by atoms with Crippen LogP contribution in [0.4, 0.5) is 0 Å². The molecule has 2 aromatic carbocycles. The Hall–Kier alpha value is -0.830. The van der Waals surface area contributed by atoms with Gasteiger partial charge in [0.1, 0.15) is 0 Å². The molecule has 0 aromatic heterocycles. The van der Waals surface area contributed by atoms with Gasteiger partial charge in [0, 0.05) is 21.6 Å². The second kappa shape index (κ2) is 6.51. The fourth-order valence-electron chi connectivity index (χ4n) is 3.07. The maximum atomic E-state index is 5.95. The Morgan fingerprint density at radius 3 is 2.67 bits per heavy atom. The molecule has 21 heavy (non-hydrogen) atoms. The van der Waals surface area contributed by atoms with Crippen LogP contribution in [0.1, 0.15) is 36.1 Å². The third-order valence-electron chi connectivity index (χ3n) is 4.25. The maximum absolute atomic E-state index is 5.95. The first-order valence-corrected chi connectivity index (χ1v) is 8.58. The number of nitrogens with one attached hydrogen (secondary N) is 1. The van der Waals surface area contributed by atoms with Gasteiger partial charge in [-0.15, -0.1) is 0 Å². The van der Waals surface area contributed by atoms with Crippen LogP contribution in [-0.4, -0.2) is 6.04 Å². The summed E-state index contributed by atoms with van der Waals surface area (Å²) in [6.45, 7) is 2.22. The predicted octanol–water partition coefficient (Wildman–Crippen LogP) is 5.31. The van der Waals surface area contributed by atoms with E-state index in [-0.39, 0.29) is 0 Å². The minimum absolute atomic E-state index is 0.351. The Balaban J connectivity index is 1.66. The molecule has 1 nitrogen and oxygen atoms in total. The number of benzene rings is 2. The zero-order valence-corrected chi connectivity index (χ0v) is 14.4. The molecule has 1 unspecified atom stereocenters. The SMILES string of the molecule is C[C@H](NC1CCc2cc(Br)ccc2C1)c1ccc(Cl)cc1. The zero-order chi connectivity index (χ0) is 14.8. The fourth-order valence-corrected chi connectivity index (χ4v) is 3.60. The van der Waals surface area contributed by atoms with Gasteiger partial charge in [0.2, 0.25) is 0 Å². The molecular formula is C18H19BrClN. The number of hydrogen-bond acceptors (Lipinski definition) is 1. The molecule has 3 heteroatoms. The average molecular weight is 365 g/mol. The summed E-state index contributed by atoms with van der Waals surface area (Å²) >= 11 is 9.51. The highest BCUT2D eigenvalue weighted by Gasteiger charge is 2.20. The molecule has 0 saturated heterocycles. The summed E-state index contributed by atoms with van der Waals surface area (Å²) in [5.41, 5.74) is 4.26. The highest BCUT2D eigenvalue weighted by molar-refractivity contribution is 9.10. The van der Waals surface area contributed by atoms with E-state index in [4.69, 9.17) is 11.6 Å². The van der Waals surface area contributed by atoms with E-state index in [1.165, 1.54) is 27.6 Å². The topological polar surface area (TPSA) is 12.0 Å². The van der Waals surface area contributed by atoms with Crippen molar-refractivity contribution in [1.82, 2.24) is 5.32 Å². The van der Waals surface area contributed by atoms with Crippen molar-refractivity contribution in [3.63, 3.8) is 0 Å². The van der Waals surface area contributed by atoms with Crippen LogP contribution in [0, 0.1) is 0 Å². The van der Waals surface area contributed by atoms with Crippen LogP contribution in [0.3, 0.4) is 0 Å². The van der Waals surface area contributed by atoms with Gasteiger partial charge in [-0.05, 0) is 67.1 Å². The highest BCUT2D eigenvalue weighted by Crippen LogP contribution is 2.26.